The highest BCUT2D eigenvalue weighted by Gasteiger charge is 2.03. The molecular weight excluding hydrogens is 226 g/mol. The van der Waals surface area contributed by atoms with Crippen LogP contribution in [0, 0.1) is 0 Å². The molecule has 5 nitrogen and oxygen atoms in total. The van der Waals surface area contributed by atoms with Gasteiger partial charge < -0.3 is 10.6 Å². The molecule has 0 saturated carbocycles. The molecule has 0 bridgehead atoms. The van der Waals surface area contributed by atoms with Crippen LogP contribution in [0.3, 0.4) is 0 Å². The molecule has 0 atom stereocenters. The minimum atomic E-state index is -3.50. The summed E-state index contributed by atoms with van der Waals surface area (Å²) in [6.07, 6.45) is 0. The van der Waals surface area contributed by atoms with Crippen LogP contribution in [0.15, 0.2) is 35.2 Å². The van der Waals surface area contributed by atoms with Crippen molar-refractivity contribution < 1.29 is 8.42 Å². The molecule has 1 aliphatic heterocycles. The first-order valence-electron chi connectivity index (χ1n) is 5.10. The zero-order valence-electron chi connectivity index (χ0n) is 9.02. The number of hydrogen-bond donors (Lipinski definition) is 3. The predicted octanol–water partition coefficient (Wildman–Crippen LogP) is -0.487. The predicted molar refractivity (Wildman–Crippen MR) is 63.6 cm³/mol. The number of hydrogen-bond acceptors (Lipinski definition) is 4. The van der Waals surface area contributed by atoms with Crippen LogP contribution in [0.2, 0.25) is 0 Å². The normalized spacial score (nSPS) is 16.1. The number of nitrogens with one attached hydrogen (secondary N) is 2. The fraction of sp³-hybridized carbons (Fsp3) is 0.400. The van der Waals surface area contributed by atoms with Crippen molar-refractivity contribution in [3.8, 4) is 0 Å². The van der Waals surface area contributed by atoms with Gasteiger partial charge in [0.05, 0.1) is 4.90 Å². The van der Waals surface area contributed by atoms with Gasteiger partial charge in [-0.1, -0.05) is 18.2 Å². The Morgan fingerprint density at radius 1 is 0.938 bits per heavy atom. The first-order valence-corrected chi connectivity index (χ1v) is 6.64. The second kappa shape index (κ2) is 6.59. The highest BCUT2D eigenvalue weighted by atomic mass is 32.2. The van der Waals surface area contributed by atoms with E-state index in [-0.39, 0.29) is 4.90 Å². The van der Waals surface area contributed by atoms with E-state index in [0.717, 1.165) is 26.2 Å². The number of piperazine rings is 1. The molecule has 0 radical (unpaired) electrons. The third-order valence-electron chi connectivity index (χ3n) is 2.03. The minimum absolute atomic E-state index is 0.148. The summed E-state index contributed by atoms with van der Waals surface area (Å²) in [5, 5.41) is 11.3. The van der Waals surface area contributed by atoms with Crippen LogP contribution >= 0.6 is 0 Å². The minimum Gasteiger partial charge on any atom is -0.314 e. The van der Waals surface area contributed by atoms with Gasteiger partial charge in [0.25, 0.3) is 0 Å². The van der Waals surface area contributed by atoms with Gasteiger partial charge in [0, 0.05) is 26.2 Å². The van der Waals surface area contributed by atoms with Crippen LogP contribution in [0.25, 0.3) is 0 Å². The van der Waals surface area contributed by atoms with Gasteiger partial charge in [-0.25, -0.2) is 13.6 Å². The van der Waals surface area contributed by atoms with Crippen molar-refractivity contribution in [2.75, 3.05) is 26.2 Å². The van der Waals surface area contributed by atoms with Crippen molar-refractivity contribution in [1.29, 1.82) is 0 Å². The molecule has 6 heteroatoms. The van der Waals surface area contributed by atoms with Gasteiger partial charge in [0.15, 0.2) is 0 Å². The van der Waals surface area contributed by atoms with E-state index >= 15 is 0 Å². The van der Waals surface area contributed by atoms with E-state index in [2.05, 4.69) is 10.6 Å². The standard InChI is InChI=1S/C6H7NO2S.C4H10N2/c7-10(8,9)6-4-2-1-3-5-6;1-2-6-4-3-5-1/h1-5H,(H2,7,8,9);5-6H,1-4H2. The van der Waals surface area contributed by atoms with Crippen molar-refractivity contribution >= 4 is 10.0 Å². The SMILES string of the molecule is C1CNCCN1.NS(=O)(=O)c1ccccc1. The van der Waals surface area contributed by atoms with Crippen LogP contribution in [0.4, 0.5) is 0 Å². The average molecular weight is 243 g/mol. The Bertz CT molecular complexity index is 376. The number of sulfonamides is 1. The number of primary sulfonamides is 1. The smallest absolute Gasteiger partial charge is 0.238 e. The molecule has 1 aliphatic rings. The van der Waals surface area contributed by atoms with E-state index < -0.39 is 10.0 Å². The summed E-state index contributed by atoms with van der Waals surface area (Å²) in [6, 6.07) is 7.89. The molecule has 1 aromatic rings. The Morgan fingerprint density at radius 3 is 1.62 bits per heavy atom. The topological polar surface area (TPSA) is 84.2 Å². The van der Waals surface area contributed by atoms with Crippen molar-refractivity contribution in [3.05, 3.63) is 30.3 Å². The van der Waals surface area contributed by atoms with E-state index in [1.54, 1.807) is 18.2 Å². The van der Waals surface area contributed by atoms with Gasteiger partial charge in [0.1, 0.15) is 0 Å². The third kappa shape index (κ3) is 5.22. The van der Waals surface area contributed by atoms with Gasteiger partial charge in [-0.05, 0) is 12.1 Å². The molecule has 0 amide bonds. The largest absolute Gasteiger partial charge is 0.314 e. The summed E-state index contributed by atoms with van der Waals surface area (Å²) in [7, 11) is -3.50. The number of nitrogens with two attached hydrogens (primary N) is 1. The fourth-order valence-corrected chi connectivity index (χ4v) is 1.75. The van der Waals surface area contributed by atoms with Gasteiger partial charge in [0.2, 0.25) is 10.0 Å². The van der Waals surface area contributed by atoms with Crippen molar-refractivity contribution in [1.82, 2.24) is 10.6 Å². The summed E-state index contributed by atoms with van der Waals surface area (Å²) in [5.41, 5.74) is 0. The quantitative estimate of drug-likeness (QED) is 0.621. The lowest BCUT2D eigenvalue weighted by Crippen LogP contribution is -2.39. The average Bonchev–Trinajstić information content (AvgIpc) is 2.32. The second-order valence-corrected chi connectivity index (χ2v) is 4.92. The van der Waals surface area contributed by atoms with Crippen LogP contribution in [0.5, 0.6) is 0 Å². The van der Waals surface area contributed by atoms with E-state index in [1.807, 2.05) is 0 Å². The summed E-state index contributed by atoms with van der Waals surface area (Å²) in [6.45, 7) is 4.56. The monoisotopic (exact) mass is 243 g/mol. The molecule has 1 aromatic carbocycles. The molecule has 1 saturated heterocycles. The van der Waals surface area contributed by atoms with Crippen molar-refractivity contribution in [2.45, 2.75) is 4.90 Å². The van der Waals surface area contributed by atoms with Gasteiger partial charge in [-0.3, -0.25) is 0 Å². The molecule has 0 aliphatic carbocycles. The molecule has 0 aromatic heterocycles. The first-order chi connectivity index (χ1) is 7.61. The van der Waals surface area contributed by atoms with Gasteiger partial charge in [-0.2, -0.15) is 0 Å². The first kappa shape index (κ1) is 13.1. The van der Waals surface area contributed by atoms with Gasteiger partial charge in [-0.15, -0.1) is 0 Å². The molecule has 16 heavy (non-hydrogen) atoms. The summed E-state index contributed by atoms with van der Waals surface area (Å²) in [5.74, 6) is 0. The van der Waals surface area contributed by atoms with Crippen LogP contribution in [-0.4, -0.2) is 34.6 Å². The lowest BCUT2D eigenvalue weighted by Gasteiger charge is -2.11. The van der Waals surface area contributed by atoms with Crippen molar-refractivity contribution in [2.24, 2.45) is 5.14 Å². The number of rotatable bonds is 1. The Labute approximate surface area is 96.1 Å². The van der Waals surface area contributed by atoms with E-state index in [9.17, 15) is 8.42 Å². The third-order valence-corrected chi connectivity index (χ3v) is 2.96. The maximum absolute atomic E-state index is 10.6. The lowest BCUT2D eigenvalue weighted by molar-refractivity contribution is 0.534. The second-order valence-electron chi connectivity index (χ2n) is 3.36. The van der Waals surface area contributed by atoms with Gasteiger partial charge >= 0.3 is 0 Å². The highest BCUT2D eigenvalue weighted by molar-refractivity contribution is 7.89. The Hall–Kier alpha value is -0.950. The zero-order valence-corrected chi connectivity index (χ0v) is 9.83. The Morgan fingerprint density at radius 2 is 1.38 bits per heavy atom. The van der Waals surface area contributed by atoms with E-state index in [4.69, 9.17) is 5.14 Å². The lowest BCUT2D eigenvalue weighted by atomic mass is 10.4. The maximum Gasteiger partial charge on any atom is 0.238 e. The molecule has 90 valence electrons. The van der Waals surface area contributed by atoms with Crippen LogP contribution in [-0.2, 0) is 10.0 Å². The van der Waals surface area contributed by atoms with Crippen LogP contribution in [0.1, 0.15) is 0 Å². The van der Waals surface area contributed by atoms with Crippen LogP contribution < -0.4 is 15.8 Å². The highest BCUT2D eigenvalue weighted by Crippen LogP contribution is 2.02. The summed E-state index contributed by atoms with van der Waals surface area (Å²) >= 11 is 0. The van der Waals surface area contributed by atoms with Crippen molar-refractivity contribution in [3.63, 3.8) is 0 Å². The fourth-order valence-electron chi connectivity index (χ4n) is 1.21. The molecule has 4 N–H and O–H groups in total. The van der Waals surface area contributed by atoms with E-state index in [1.165, 1.54) is 12.1 Å². The molecule has 0 spiro atoms. The molecule has 0 unspecified atom stereocenters. The Balaban J connectivity index is 0.000000181. The molecule has 1 fully saturated rings. The zero-order chi connectivity index (χ0) is 11.9. The van der Waals surface area contributed by atoms with E-state index in [0.29, 0.717) is 0 Å². The Kier molecular flexibility index (Phi) is 5.41. The number of benzene rings is 1. The molecule has 2 rings (SSSR count). The molecular formula is C10H17N3O2S. The summed E-state index contributed by atoms with van der Waals surface area (Å²) in [4.78, 5) is 0.148. The maximum atomic E-state index is 10.6. The molecule has 1 heterocycles. The summed E-state index contributed by atoms with van der Waals surface area (Å²) < 4.78 is 21.2.